The van der Waals surface area contributed by atoms with Gasteiger partial charge in [0.05, 0.1) is 21.3 Å². The Morgan fingerprint density at radius 2 is 1.89 bits per heavy atom. The Morgan fingerprint density at radius 1 is 1.16 bits per heavy atom. The number of benzene rings is 1. The highest BCUT2D eigenvalue weighted by Crippen LogP contribution is 2.33. The van der Waals surface area contributed by atoms with Gasteiger partial charge in [-0.1, -0.05) is 0 Å². The second-order valence-corrected chi connectivity index (χ2v) is 4.46. The zero-order valence-electron chi connectivity index (χ0n) is 10.8. The van der Waals surface area contributed by atoms with Crippen LogP contribution in [-0.4, -0.2) is 32.3 Å². The highest BCUT2D eigenvalue weighted by molar-refractivity contribution is 7.13. The van der Waals surface area contributed by atoms with Crippen LogP contribution < -0.4 is 9.47 Å². The van der Waals surface area contributed by atoms with E-state index in [-0.39, 0.29) is 0 Å². The standard InChI is InChI=1S/C13H13NO4S/c1-16-10-5-4-8(6-11(10)17-2)12-14-9(7-19-12)13(15)18-3/h4-7H,1-3H3. The van der Waals surface area contributed by atoms with Gasteiger partial charge in [-0.05, 0) is 18.2 Å². The summed E-state index contributed by atoms with van der Waals surface area (Å²) in [5.41, 5.74) is 1.16. The number of aromatic nitrogens is 1. The highest BCUT2D eigenvalue weighted by Gasteiger charge is 2.13. The summed E-state index contributed by atoms with van der Waals surface area (Å²) in [5, 5.41) is 2.39. The van der Waals surface area contributed by atoms with E-state index >= 15 is 0 Å². The number of carbonyl (C=O) groups excluding carboxylic acids is 1. The van der Waals surface area contributed by atoms with Crippen molar-refractivity contribution in [2.75, 3.05) is 21.3 Å². The fraction of sp³-hybridized carbons (Fsp3) is 0.231. The molecule has 5 nitrogen and oxygen atoms in total. The molecule has 0 aliphatic heterocycles. The third kappa shape index (κ3) is 2.68. The fourth-order valence-electron chi connectivity index (χ4n) is 1.57. The van der Waals surface area contributed by atoms with Crippen molar-refractivity contribution < 1.29 is 19.0 Å². The number of hydrogen-bond donors (Lipinski definition) is 0. The molecule has 0 saturated heterocycles. The molecule has 0 aliphatic carbocycles. The summed E-state index contributed by atoms with van der Waals surface area (Å²) in [6, 6.07) is 5.48. The molecule has 19 heavy (non-hydrogen) atoms. The first-order valence-electron chi connectivity index (χ1n) is 5.45. The molecule has 1 aromatic heterocycles. The molecule has 0 amide bonds. The van der Waals surface area contributed by atoms with Gasteiger partial charge in [0.15, 0.2) is 17.2 Å². The van der Waals surface area contributed by atoms with Crippen LogP contribution in [0.4, 0.5) is 0 Å². The Hall–Kier alpha value is -2.08. The van der Waals surface area contributed by atoms with Gasteiger partial charge in [0, 0.05) is 10.9 Å². The Morgan fingerprint density at radius 3 is 2.53 bits per heavy atom. The minimum atomic E-state index is -0.442. The lowest BCUT2D eigenvalue weighted by Crippen LogP contribution is -2.00. The quantitative estimate of drug-likeness (QED) is 0.805. The van der Waals surface area contributed by atoms with Gasteiger partial charge in [-0.15, -0.1) is 11.3 Å². The molecule has 0 saturated carbocycles. The third-order valence-electron chi connectivity index (χ3n) is 2.53. The van der Waals surface area contributed by atoms with E-state index in [1.165, 1.54) is 18.4 Å². The van der Waals surface area contributed by atoms with Gasteiger partial charge in [0.25, 0.3) is 0 Å². The van der Waals surface area contributed by atoms with Crippen LogP contribution in [0.1, 0.15) is 10.5 Å². The molecule has 0 aliphatic rings. The van der Waals surface area contributed by atoms with Crippen LogP contribution >= 0.6 is 11.3 Å². The molecule has 0 spiro atoms. The molecule has 0 bridgehead atoms. The van der Waals surface area contributed by atoms with E-state index in [0.29, 0.717) is 17.2 Å². The minimum Gasteiger partial charge on any atom is -0.493 e. The van der Waals surface area contributed by atoms with Crippen LogP contribution in [0, 0.1) is 0 Å². The number of thiazole rings is 1. The average molecular weight is 279 g/mol. The molecule has 100 valence electrons. The number of methoxy groups -OCH3 is 3. The van der Waals surface area contributed by atoms with Gasteiger partial charge >= 0.3 is 5.97 Å². The van der Waals surface area contributed by atoms with Crippen LogP contribution in [0.3, 0.4) is 0 Å². The van der Waals surface area contributed by atoms with E-state index < -0.39 is 5.97 Å². The van der Waals surface area contributed by atoms with E-state index in [9.17, 15) is 4.79 Å². The zero-order valence-corrected chi connectivity index (χ0v) is 11.6. The molecule has 0 atom stereocenters. The molecule has 0 unspecified atom stereocenters. The van der Waals surface area contributed by atoms with E-state index in [1.54, 1.807) is 25.7 Å². The normalized spacial score (nSPS) is 10.1. The summed E-state index contributed by atoms with van der Waals surface area (Å²) < 4.78 is 15.0. The van der Waals surface area contributed by atoms with Crippen LogP contribution in [0.15, 0.2) is 23.6 Å². The molecule has 1 aromatic carbocycles. The van der Waals surface area contributed by atoms with Crippen molar-refractivity contribution in [3.63, 3.8) is 0 Å². The predicted molar refractivity (Wildman–Crippen MR) is 72.0 cm³/mol. The van der Waals surface area contributed by atoms with E-state index in [2.05, 4.69) is 9.72 Å². The van der Waals surface area contributed by atoms with E-state index in [4.69, 9.17) is 9.47 Å². The summed E-state index contributed by atoms with van der Waals surface area (Å²) in [4.78, 5) is 15.6. The third-order valence-corrected chi connectivity index (χ3v) is 3.42. The van der Waals surface area contributed by atoms with Gasteiger partial charge < -0.3 is 14.2 Å². The fourth-order valence-corrected chi connectivity index (χ4v) is 2.36. The lowest BCUT2D eigenvalue weighted by molar-refractivity contribution is 0.0595. The molecular formula is C13H13NO4S. The molecule has 0 fully saturated rings. The first-order valence-corrected chi connectivity index (χ1v) is 6.33. The molecular weight excluding hydrogens is 266 g/mol. The number of esters is 1. The van der Waals surface area contributed by atoms with Gasteiger partial charge in [-0.25, -0.2) is 9.78 Å². The molecule has 1 heterocycles. The van der Waals surface area contributed by atoms with Crippen molar-refractivity contribution in [1.29, 1.82) is 0 Å². The smallest absolute Gasteiger partial charge is 0.357 e. The average Bonchev–Trinajstić information content (AvgIpc) is 2.95. The molecule has 0 radical (unpaired) electrons. The summed E-state index contributed by atoms with van der Waals surface area (Å²) >= 11 is 1.37. The van der Waals surface area contributed by atoms with E-state index in [0.717, 1.165) is 10.6 Å². The second-order valence-electron chi connectivity index (χ2n) is 3.60. The topological polar surface area (TPSA) is 57.7 Å². The molecule has 2 aromatic rings. The van der Waals surface area contributed by atoms with E-state index in [1.807, 2.05) is 12.1 Å². The summed E-state index contributed by atoms with van der Waals surface area (Å²) in [5.74, 6) is 0.828. The number of ether oxygens (including phenoxy) is 3. The first kappa shape index (κ1) is 13.4. The highest BCUT2D eigenvalue weighted by atomic mass is 32.1. The van der Waals surface area contributed by atoms with Crippen molar-refractivity contribution in [3.05, 3.63) is 29.3 Å². The summed E-state index contributed by atoms with van der Waals surface area (Å²) in [7, 11) is 4.48. The van der Waals surface area contributed by atoms with Crippen molar-refractivity contribution in [2.45, 2.75) is 0 Å². The number of hydrogen-bond acceptors (Lipinski definition) is 6. The van der Waals surface area contributed by atoms with Crippen molar-refractivity contribution in [2.24, 2.45) is 0 Å². The Labute approximate surface area is 114 Å². The first-order chi connectivity index (χ1) is 9.19. The van der Waals surface area contributed by atoms with Crippen LogP contribution in [-0.2, 0) is 4.74 Å². The summed E-state index contributed by atoms with van der Waals surface area (Å²) in [6.07, 6.45) is 0. The molecule has 2 rings (SSSR count). The Bertz CT molecular complexity index is 594. The lowest BCUT2D eigenvalue weighted by atomic mass is 10.2. The van der Waals surface area contributed by atoms with Crippen molar-refractivity contribution >= 4 is 17.3 Å². The van der Waals surface area contributed by atoms with Crippen LogP contribution in [0.5, 0.6) is 11.5 Å². The second kappa shape index (κ2) is 5.71. The minimum absolute atomic E-state index is 0.303. The van der Waals surface area contributed by atoms with Gasteiger partial charge in [0.1, 0.15) is 5.01 Å². The lowest BCUT2D eigenvalue weighted by Gasteiger charge is -2.08. The largest absolute Gasteiger partial charge is 0.493 e. The van der Waals surface area contributed by atoms with Crippen molar-refractivity contribution in [1.82, 2.24) is 4.98 Å². The maximum absolute atomic E-state index is 11.4. The van der Waals surface area contributed by atoms with Gasteiger partial charge in [0.2, 0.25) is 0 Å². The zero-order chi connectivity index (χ0) is 13.8. The van der Waals surface area contributed by atoms with Gasteiger partial charge in [-0.3, -0.25) is 0 Å². The van der Waals surface area contributed by atoms with Gasteiger partial charge in [-0.2, -0.15) is 0 Å². The number of carbonyl (C=O) groups is 1. The Kier molecular flexibility index (Phi) is 4.01. The summed E-state index contributed by atoms with van der Waals surface area (Å²) in [6.45, 7) is 0. The maximum Gasteiger partial charge on any atom is 0.357 e. The van der Waals surface area contributed by atoms with Crippen LogP contribution in [0.2, 0.25) is 0 Å². The van der Waals surface area contributed by atoms with Crippen LogP contribution in [0.25, 0.3) is 10.6 Å². The number of rotatable bonds is 4. The Balaban J connectivity index is 2.36. The monoisotopic (exact) mass is 279 g/mol. The molecule has 6 heteroatoms. The number of nitrogens with zero attached hydrogens (tertiary/aromatic N) is 1. The van der Waals surface area contributed by atoms with Crippen molar-refractivity contribution in [3.8, 4) is 22.1 Å². The molecule has 0 N–H and O–H groups in total. The SMILES string of the molecule is COC(=O)c1csc(-c2ccc(OC)c(OC)c2)n1. The predicted octanol–water partition coefficient (Wildman–Crippen LogP) is 2.61. The maximum atomic E-state index is 11.4.